The number of aromatic nitrogens is 2. The van der Waals surface area contributed by atoms with E-state index in [-0.39, 0.29) is 16.1 Å². The number of nitrogen functional groups attached to an aromatic ring is 1. The lowest BCUT2D eigenvalue weighted by atomic mass is 9.69. The summed E-state index contributed by atoms with van der Waals surface area (Å²) in [6, 6.07) is 4.05. The van der Waals surface area contributed by atoms with Gasteiger partial charge in [0.25, 0.3) is 5.91 Å². The highest BCUT2D eigenvalue weighted by atomic mass is 32.1. The predicted molar refractivity (Wildman–Crippen MR) is 121 cm³/mol. The fourth-order valence-electron chi connectivity index (χ4n) is 4.12. The molecule has 9 heteroatoms. The molecule has 1 aliphatic rings. The van der Waals surface area contributed by atoms with E-state index in [0.717, 1.165) is 48.9 Å². The molecular formula is C23H25F3N4OS. The first-order valence-corrected chi connectivity index (χ1v) is 11.4. The number of carbonyl (C=O) groups excluding carboxylic acids is 1. The maximum atomic E-state index is 12.8. The highest BCUT2D eigenvalue weighted by Crippen LogP contribution is 2.42. The van der Waals surface area contributed by atoms with E-state index in [1.54, 1.807) is 0 Å². The van der Waals surface area contributed by atoms with Crippen LogP contribution in [-0.2, 0) is 19.0 Å². The Morgan fingerprint density at radius 3 is 2.69 bits per heavy atom. The normalized spacial score (nSPS) is 16.8. The van der Waals surface area contributed by atoms with Gasteiger partial charge >= 0.3 is 6.18 Å². The van der Waals surface area contributed by atoms with E-state index in [9.17, 15) is 18.0 Å². The summed E-state index contributed by atoms with van der Waals surface area (Å²) in [6.45, 7) is 6.81. The van der Waals surface area contributed by atoms with Crippen LogP contribution >= 0.6 is 11.3 Å². The number of amides is 1. The van der Waals surface area contributed by atoms with Crippen LogP contribution in [0.2, 0.25) is 0 Å². The molecule has 3 aromatic heterocycles. The summed E-state index contributed by atoms with van der Waals surface area (Å²) >= 11 is 1.19. The number of hydrogen-bond acceptors (Lipinski definition) is 5. The number of hydrogen-bond donors (Lipinski definition) is 2. The molecule has 0 radical (unpaired) electrons. The number of rotatable bonds is 4. The zero-order chi connectivity index (χ0) is 23.3. The molecule has 1 aliphatic carbocycles. The summed E-state index contributed by atoms with van der Waals surface area (Å²) in [6.07, 6.45) is 0.223. The number of anilines is 2. The summed E-state index contributed by atoms with van der Waals surface area (Å²) in [5, 5.41) is 3.27. The number of carbonyl (C=O) groups is 1. The molecule has 3 heterocycles. The third kappa shape index (κ3) is 4.18. The first-order valence-electron chi connectivity index (χ1n) is 10.5. The molecular weight excluding hydrogens is 437 g/mol. The summed E-state index contributed by atoms with van der Waals surface area (Å²) in [5.74, 6) is 0.0742. The van der Waals surface area contributed by atoms with E-state index in [4.69, 9.17) is 10.7 Å². The zero-order valence-electron chi connectivity index (χ0n) is 18.1. The number of halogens is 3. The Bertz CT molecular complexity index is 1170. The molecule has 0 aromatic carbocycles. The van der Waals surface area contributed by atoms with Crippen LogP contribution in [0.1, 0.15) is 60.1 Å². The fourth-order valence-corrected chi connectivity index (χ4v) is 5.11. The van der Waals surface area contributed by atoms with Crippen molar-refractivity contribution in [2.75, 3.05) is 11.1 Å². The summed E-state index contributed by atoms with van der Waals surface area (Å²) in [4.78, 5) is 22.2. The standard InChI is InChI=1S/C23H25F3N4OS/c1-4-22(2,3)13-5-7-16-12(9-13)10-15-18(27)19(32-21(15)29-16)20(31)30-17-8-6-14(11-28-17)23(24,25)26/h6,8,10-11,13H,4-5,7,9,27H2,1-3H3,(H,28,30,31)/t13-/m1/s1. The molecule has 3 aromatic rings. The Labute approximate surface area is 188 Å². The van der Waals surface area contributed by atoms with E-state index in [1.807, 2.05) is 0 Å². The van der Waals surface area contributed by atoms with Crippen LogP contribution in [-0.4, -0.2) is 15.9 Å². The molecule has 32 heavy (non-hydrogen) atoms. The van der Waals surface area contributed by atoms with Gasteiger partial charge in [-0.2, -0.15) is 13.2 Å². The second-order valence-corrected chi connectivity index (χ2v) is 9.96. The molecule has 0 spiro atoms. The van der Waals surface area contributed by atoms with Gasteiger partial charge in [-0.25, -0.2) is 9.97 Å². The lowest BCUT2D eigenvalue weighted by Gasteiger charge is -2.36. The number of thiophene rings is 1. The number of aryl methyl sites for hydroxylation is 1. The molecule has 4 rings (SSSR count). The van der Waals surface area contributed by atoms with Crippen molar-refractivity contribution in [3.63, 3.8) is 0 Å². The van der Waals surface area contributed by atoms with Crippen molar-refractivity contribution in [2.24, 2.45) is 11.3 Å². The maximum absolute atomic E-state index is 12.8. The monoisotopic (exact) mass is 462 g/mol. The summed E-state index contributed by atoms with van der Waals surface area (Å²) < 4.78 is 38.1. The highest BCUT2D eigenvalue weighted by Gasteiger charge is 2.33. The molecule has 0 saturated carbocycles. The number of pyridine rings is 2. The second-order valence-electron chi connectivity index (χ2n) is 8.96. The molecule has 0 aliphatic heterocycles. The Kier molecular flexibility index (Phi) is 5.65. The van der Waals surface area contributed by atoms with Crippen molar-refractivity contribution < 1.29 is 18.0 Å². The first kappa shape index (κ1) is 22.5. The molecule has 3 N–H and O–H groups in total. The molecule has 0 fully saturated rings. The smallest absolute Gasteiger partial charge is 0.397 e. The average Bonchev–Trinajstić information content (AvgIpc) is 3.07. The number of nitrogens with two attached hydrogens (primary N) is 1. The summed E-state index contributed by atoms with van der Waals surface area (Å²) in [5.41, 5.74) is 8.22. The van der Waals surface area contributed by atoms with E-state index in [1.165, 1.54) is 16.9 Å². The van der Waals surface area contributed by atoms with Crippen LogP contribution < -0.4 is 11.1 Å². The Balaban J connectivity index is 1.59. The van der Waals surface area contributed by atoms with E-state index < -0.39 is 17.6 Å². The number of nitrogens with one attached hydrogen (secondary N) is 1. The van der Waals surface area contributed by atoms with Gasteiger partial charge in [0.2, 0.25) is 0 Å². The van der Waals surface area contributed by atoms with Crippen molar-refractivity contribution in [1.29, 1.82) is 0 Å². The quantitative estimate of drug-likeness (QED) is 0.492. The van der Waals surface area contributed by atoms with Crippen LogP contribution in [0.3, 0.4) is 0 Å². The van der Waals surface area contributed by atoms with Gasteiger partial charge in [-0.1, -0.05) is 27.2 Å². The van der Waals surface area contributed by atoms with Crippen molar-refractivity contribution in [3.05, 3.63) is 46.1 Å². The van der Waals surface area contributed by atoms with Crippen molar-refractivity contribution >= 4 is 39.0 Å². The second kappa shape index (κ2) is 8.03. The Morgan fingerprint density at radius 1 is 1.31 bits per heavy atom. The number of nitrogens with zero attached hydrogens (tertiary/aromatic N) is 2. The van der Waals surface area contributed by atoms with E-state index in [2.05, 4.69) is 37.1 Å². The molecule has 5 nitrogen and oxygen atoms in total. The largest absolute Gasteiger partial charge is 0.417 e. The van der Waals surface area contributed by atoms with Crippen LogP contribution in [0, 0.1) is 11.3 Å². The third-order valence-electron chi connectivity index (χ3n) is 6.64. The lowest BCUT2D eigenvalue weighted by molar-refractivity contribution is -0.137. The van der Waals surface area contributed by atoms with Gasteiger partial charge in [0.1, 0.15) is 15.5 Å². The van der Waals surface area contributed by atoms with Crippen LogP contribution in [0.15, 0.2) is 24.4 Å². The lowest BCUT2D eigenvalue weighted by Crippen LogP contribution is -2.29. The van der Waals surface area contributed by atoms with Gasteiger partial charge < -0.3 is 11.1 Å². The molecule has 1 atom stereocenters. The van der Waals surface area contributed by atoms with Gasteiger partial charge in [0.15, 0.2) is 0 Å². The van der Waals surface area contributed by atoms with Crippen LogP contribution in [0.5, 0.6) is 0 Å². The van der Waals surface area contributed by atoms with Crippen molar-refractivity contribution in [1.82, 2.24) is 9.97 Å². The van der Waals surface area contributed by atoms with Gasteiger partial charge in [0, 0.05) is 17.3 Å². The maximum Gasteiger partial charge on any atom is 0.417 e. The zero-order valence-corrected chi connectivity index (χ0v) is 19.0. The third-order valence-corrected chi connectivity index (χ3v) is 7.75. The number of alkyl halides is 3. The van der Waals surface area contributed by atoms with E-state index in [0.29, 0.717) is 22.6 Å². The van der Waals surface area contributed by atoms with Gasteiger partial charge in [0.05, 0.1) is 11.3 Å². The molecule has 0 saturated heterocycles. The minimum Gasteiger partial charge on any atom is -0.397 e. The molecule has 0 bridgehead atoms. The van der Waals surface area contributed by atoms with Gasteiger partial charge in [-0.3, -0.25) is 4.79 Å². The molecule has 170 valence electrons. The predicted octanol–water partition coefficient (Wildman–Crippen LogP) is 6.09. The average molecular weight is 463 g/mol. The topological polar surface area (TPSA) is 80.9 Å². The minimum absolute atomic E-state index is 0.0248. The van der Waals surface area contributed by atoms with Crippen molar-refractivity contribution in [2.45, 2.75) is 52.6 Å². The van der Waals surface area contributed by atoms with Crippen LogP contribution in [0.4, 0.5) is 24.7 Å². The Hall–Kier alpha value is -2.68. The van der Waals surface area contributed by atoms with E-state index >= 15 is 0 Å². The highest BCUT2D eigenvalue weighted by molar-refractivity contribution is 7.21. The Morgan fingerprint density at radius 2 is 2.06 bits per heavy atom. The van der Waals surface area contributed by atoms with Gasteiger partial charge in [-0.15, -0.1) is 11.3 Å². The number of fused-ring (bicyclic) bond motifs is 2. The minimum atomic E-state index is -4.48. The SMILES string of the molecule is CCC(C)(C)[C@@H]1CCc2nc3sc(C(=O)Nc4ccc(C(F)(F)F)cn4)c(N)c3cc2C1. The summed E-state index contributed by atoms with van der Waals surface area (Å²) in [7, 11) is 0. The fraction of sp³-hybridized carbons (Fsp3) is 0.435. The van der Waals surface area contributed by atoms with Crippen LogP contribution in [0.25, 0.3) is 10.2 Å². The molecule has 1 amide bonds. The first-order chi connectivity index (χ1) is 15.0. The molecule has 0 unspecified atom stereocenters. The van der Waals surface area contributed by atoms with Gasteiger partial charge in [-0.05, 0) is 54.4 Å². The van der Waals surface area contributed by atoms with Crippen molar-refractivity contribution in [3.8, 4) is 0 Å².